The summed E-state index contributed by atoms with van der Waals surface area (Å²) in [6.07, 6.45) is 5.02. The monoisotopic (exact) mass is 242 g/mol. The van der Waals surface area contributed by atoms with Crippen LogP contribution in [0.25, 0.3) is 0 Å². The molecule has 3 rings (SSSR count). The van der Waals surface area contributed by atoms with Crippen LogP contribution in [0.15, 0.2) is 30.6 Å². The van der Waals surface area contributed by atoms with Gasteiger partial charge in [0.25, 0.3) is 0 Å². The first-order chi connectivity index (χ1) is 8.88. The largest absolute Gasteiger partial charge is 0.354 e. The summed E-state index contributed by atoms with van der Waals surface area (Å²) in [6, 6.07) is 9.24. The Bertz CT molecular complexity index is 515. The van der Waals surface area contributed by atoms with Crippen LogP contribution in [0.5, 0.6) is 0 Å². The highest BCUT2D eigenvalue weighted by Gasteiger charge is 2.22. The van der Waals surface area contributed by atoms with E-state index >= 15 is 0 Å². The summed E-state index contributed by atoms with van der Waals surface area (Å²) in [7, 11) is 0. The number of aryl methyl sites for hydroxylation is 1. The van der Waals surface area contributed by atoms with Gasteiger partial charge in [-0.25, -0.2) is 4.68 Å². The third kappa shape index (κ3) is 1.98. The molecule has 1 N–H and O–H groups in total. The third-order valence-electron chi connectivity index (χ3n) is 3.47. The van der Waals surface area contributed by atoms with Crippen LogP contribution in [0.3, 0.4) is 0 Å². The van der Waals surface area contributed by atoms with Gasteiger partial charge in [0.2, 0.25) is 5.95 Å². The van der Waals surface area contributed by atoms with Gasteiger partial charge < -0.3 is 5.32 Å². The summed E-state index contributed by atoms with van der Waals surface area (Å²) in [5, 5.41) is 7.58. The number of benzene rings is 1. The average Bonchev–Trinajstić information content (AvgIpc) is 2.88. The number of fused-ring (bicyclic) bond motifs is 1. The summed E-state index contributed by atoms with van der Waals surface area (Å²) >= 11 is 0. The van der Waals surface area contributed by atoms with Gasteiger partial charge in [-0.15, -0.1) is 0 Å². The highest BCUT2D eigenvalue weighted by atomic mass is 15.4. The molecule has 4 heteroatoms. The quantitative estimate of drug-likeness (QED) is 0.899. The zero-order valence-electron chi connectivity index (χ0n) is 10.6. The number of hydrogen-bond donors (Lipinski definition) is 1. The van der Waals surface area contributed by atoms with Crippen LogP contribution in [0, 0.1) is 0 Å². The molecule has 1 aliphatic rings. The lowest BCUT2D eigenvalue weighted by atomic mass is 10.00. The molecule has 0 amide bonds. The Hall–Kier alpha value is -1.84. The van der Waals surface area contributed by atoms with Crippen molar-refractivity contribution in [2.75, 3.05) is 11.9 Å². The molecule has 1 unspecified atom stereocenters. The summed E-state index contributed by atoms with van der Waals surface area (Å²) in [5.74, 6) is 0.879. The van der Waals surface area contributed by atoms with E-state index in [1.807, 2.05) is 4.68 Å². The molecule has 18 heavy (non-hydrogen) atoms. The third-order valence-corrected chi connectivity index (χ3v) is 3.47. The Kier molecular flexibility index (Phi) is 3.00. The maximum atomic E-state index is 4.32. The van der Waals surface area contributed by atoms with Gasteiger partial charge in [-0.3, -0.25) is 0 Å². The highest BCUT2D eigenvalue weighted by molar-refractivity contribution is 5.32. The topological polar surface area (TPSA) is 42.7 Å². The first-order valence-electron chi connectivity index (χ1n) is 6.60. The molecule has 1 aromatic carbocycles. The van der Waals surface area contributed by atoms with E-state index in [0.717, 1.165) is 25.3 Å². The lowest BCUT2D eigenvalue weighted by molar-refractivity contribution is 0.480. The van der Waals surface area contributed by atoms with Crippen LogP contribution in [0.1, 0.15) is 36.9 Å². The predicted octanol–water partition coefficient (Wildman–Crippen LogP) is 2.64. The van der Waals surface area contributed by atoms with Crippen molar-refractivity contribution in [1.82, 2.24) is 14.8 Å². The molecule has 0 saturated carbocycles. The first kappa shape index (κ1) is 11.3. The second-order valence-corrected chi connectivity index (χ2v) is 4.75. The molecule has 0 fully saturated rings. The zero-order chi connectivity index (χ0) is 12.4. The Labute approximate surface area is 107 Å². The molecule has 0 saturated heterocycles. The van der Waals surface area contributed by atoms with Gasteiger partial charge in [-0.2, -0.15) is 10.1 Å². The fraction of sp³-hybridized carbons (Fsp3) is 0.429. The molecule has 94 valence electrons. The maximum absolute atomic E-state index is 4.32. The molecule has 2 heterocycles. The minimum absolute atomic E-state index is 0.319. The standard InChI is InChI=1S/C14H18N4/c1-2-3-11-4-6-12(7-5-11)13-8-9-15-14-16-10-17-18(13)14/h4-7,10,13H,2-3,8-9H2,1H3,(H,15,16,17). The first-order valence-corrected chi connectivity index (χ1v) is 6.60. The van der Waals surface area contributed by atoms with Gasteiger partial charge in [-0.05, 0) is 24.0 Å². The fourth-order valence-electron chi connectivity index (χ4n) is 2.55. The van der Waals surface area contributed by atoms with E-state index in [-0.39, 0.29) is 0 Å². The minimum atomic E-state index is 0.319. The molecule has 0 spiro atoms. The summed E-state index contributed by atoms with van der Waals surface area (Å²) < 4.78 is 1.98. The van der Waals surface area contributed by atoms with Crippen LogP contribution >= 0.6 is 0 Å². The number of nitrogens with zero attached hydrogens (tertiary/aromatic N) is 3. The van der Waals surface area contributed by atoms with Crippen molar-refractivity contribution in [3.63, 3.8) is 0 Å². The molecular formula is C14H18N4. The SMILES string of the molecule is CCCc1ccc(C2CCNc3ncnn32)cc1. The lowest BCUT2D eigenvalue weighted by Crippen LogP contribution is -2.24. The van der Waals surface area contributed by atoms with Crippen molar-refractivity contribution in [2.45, 2.75) is 32.2 Å². The number of anilines is 1. The van der Waals surface area contributed by atoms with E-state index < -0.39 is 0 Å². The van der Waals surface area contributed by atoms with Gasteiger partial charge >= 0.3 is 0 Å². The van der Waals surface area contributed by atoms with Gasteiger partial charge in [-0.1, -0.05) is 37.6 Å². The average molecular weight is 242 g/mol. The Morgan fingerprint density at radius 2 is 2.17 bits per heavy atom. The Balaban J connectivity index is 1.88. The Morgan fingerprint density at radius 1 is 1.33 bits per heavy atom. The number of hydrogen-bond acceptors (Lipinski definition) is 3. The van der Waals surface area contributed by atoms with Gasteiger partial charge in [0.15, 0.2) is 0 Å². The van der Waals surface area contributed by atoms with E-state index in [9.17, 15) is 0 Å². The molecule has 2 aromatic rings. The molecule has 1 aliphatic heterocycles. The zero-order valence-corrected chi connectivity index (χ0v) is 10.6. The van der Waals surface area contributed by atoms with Crippen molar-refractivity contribution >= 4 is 5.95 Å². The molecule has 0 bridgehead atoms. The van der Waals surface area contributed by atoms with Crippen molar-refractivity contribution in [3.05, 3.63) is 41.7 Å². The van der Waals surface area contributed by atoms with Crippen molar-refractivity contribution in [2.24, 2.45) is 0 Å². The lowest BCUT2D eigenvalue weighted by Gasteiger charge is -2.24. The molecule has 0 aliphatic carbocycles. The van der Waals surface area contributed by atoms with Crippen molar-refractivity contribution in [1.29, 1.82) is 0 Å². The van der Waals surface area contributed by atoms with E-state index in [1.165, 1.54) is 17.5 Å². The molecular weight excluding hydrogens is 224 g/mol. The highest BCUT2D eigenvalue weighted by Crippen LogP contribution is 2.27. The van der Waals surface area contributed by atoms with Crippen LogP contribution in [-0.2, 0) is 6.42 Å². The number of aromatic nitrogens is 3. The minimum Gasteiger partial charge on any atom is -0.354 e. The summed E-state index contributed by atoms with van der Waals surface area (Å²) in [6.45, 7) is 3.17. The van der Waals surface area contributed by atoms with Gasteiger partial charge in [0, 0.05) is 6.54 Å². The van der Waals surface area contributed by atoms with Crippen LogP contribution in [0.2, 0.25) is 0 Å². The predicted molar refractivity (Wildman–Crippen MR) is 71.7 cm³/mol. The number of nitrogens with one attached hydrogen (secondary N) is 1. The van der Waals surface area contributed by atoms with Crippen LogP contribution in [0.4, 0.5) is 5.95 Å². The second-order valence-electron chi connectivity index (χ2n) is 4.75. The normalized spacial score (nSPS) is 18.2. The van der Waals surface area contributed by atoms with Crippen LogP contribution < -0.4 is 5.32 Å². The fourth-order valence-corrected chi connectivity index (χ4v) is 2.55. The van der Waals surface area contributed by atoms with Crippen molar-refractivity contribution in [3.8, 4) is 0 Å². The van der Waals surface area contributed by atoms with Gasteiger partial charge in [0.05, 0.1) is 6.04 Å². The number of rotatable bonds is 3. The second kappa shape index (κ2) is 4.80. The van der Waals surface area contributed by atoms with Gasteiger partial charge in [0.1, 0.15) is 6.33 Å². The summed E-state index contributed by atoms with van der Waals surface area (Å²) in [4.78, 5) is 4.22. The molecule has 4 nitrogen and oxygen atoms in total. The van der Waals surface area contributed by atoms with E-state index in [2.05, 4.69) is 46.6 Å². The Morgan fingerprint density at radius 3 is 2.94 bits per heavy atom. The summed E-state index contributed by atoms with van der Waals surface area (Å²) in [5.41, 5.74) is 2.73. The maximum Gasteiger partial charge on any atom is 0.221 e. The molecule has 1 atom stereocenters. The smallest absolute Gasteiger partial charge is 0.221 e. The van der Waals surface area contributed by atoms with E-state index in [1.54, 1.807) is 6.33 Å². The van der Waals surface area contributed by atoms with E-state index in [0.29, 0.717) is 6.04 Å². The van der Waals surface area contributed by atoms with Crippen molar-refractivity contribution < 1.29 is 0 Å². The van der Waals surface area contributed by atoms with Crippen LogP contribution in [-0.4, -0.2) is 21.3 Å². The molecule has 0 radical (unpaired) electrons. The molecule has 1 aromatic heterocycles. The van der Waals surface area contributed by atoms with E-state index in [4.69, 9.17) is 0 Å².